The van der Waals surface area contributed by atoms with Crippen LogP contribution in [0.4, 0.5) is 0 Å². The first-order valence-electron chi connectivity index (χ1n) is 9.33. The van der Waals surface area contributed by atoms with Crippen molar-refractivity contribution in [1.29, 1.82) is 0 Å². The van der Waals surface area contributed by atoms with Gasteiger partial charge in [-0.05, 0) is 36.8 Å². The maximum absolute atomic E-state index is 5.86. The summed E-state index contributed by atoms with van der Waals surface area (Å²) in [4.78, 5) is 0. The lowest BCUT2D eigenvalue weighted by molar-refractivity contribution is 0.297. The summed E-state index contributed by atoms with van der Waals surface area (Å²) < 4.78 is 19.3. The second-order valence-electron chi connectivity index (χ2n) is 6.54. The Bertz CT molecular complexity index is 958. The molecule has 6 nitrogen and oxygen atoms in total. The molecule has 1 aliphatic heterocycles. The lowest BCUT2D eigenvalue weighted by atomic mass is 10.2. The summed E-state index contributed by atoms with van der Waals surface area (Å²) >= 11 is 1.63. The largest absolute Gasteiger partial charge is 0.492 e. The van der Waals surface area contributed by atoms with Crippen molar-refractivity contribution in [3.8, 4) is 28.6 Å². The van der Waals surface area contributed by atoms with E-state index in [0.29, 0.717) is 19.8 Å². The van der Waals surface area contributed by atoms with Crippen molar-refractivity contribution in [3.05, 3.63) is 48.0 Å². The number of thioether (sulfide) groups is 1. The van der Waals surface area contributed by atoms with E-state index in [4.69, 9.17) is 14.2 Å². The van der Waals surface area contributed by atoms with Crippen molar-refractivity contribution in [2.75, 3.05) is 25.6 Å². The van der Waals surface area contributed by atoms with Gasteiger partial charge in [-0.25, -0.2) is 0 Å². The molecule has 0 spiro atoms. The zero-order valence-electron chi connectivity index (χ0n) is 16.1. The van der Waals surface area contributed by atoms with Gasteiger partial charge < -0.3 is 18.8 Å². The third kappa shape index (κ3) is 4.09. The van der Waals surface area contributed by atoms with E-state index in [1.54, 1.807) is 11.8 Å². The molecule has 0 unspecified atom stereocenters. The molecule has 0 atom stereocenters. The quantitative estimate of drug-likeness (QED) is 0.461. The second kappa shape index (κ2) is 8.56. The van der Waals surface area contributed by atoms with Crippen molar-refractivity contribution in [1.82, 2.24) is 14.8 Å². The van der Waals surface area contributed by atoms with Gasteiger partial charge in [-0.15, -0.1) is 10.2 Å². The van der Waals surface area contributed by atoms with Crippen LogP contribution < -0.4 is 14.2 Å². The molecule has 0 radical (unpaired) electrons. The molecule has 0 saturated carbocycles. The fourth-order valence-corrected chi connectivity index (χ4v) is 3.73. The zero-order chi connectivity index (χ0) is 19.3. The average molecular weight is 398 g/mol. The van der Waals surface area contributed by atoms with Crippen LogP contribution in [0.5, 0.6) is 17.2 Å². The average Bonchev–Trinajstić information content (AvgIpc) is 2.92. The number of benzene rings is 2. The van der Waals surface area contributed by atoms with Crippen molar-refractivity contribution >= 4 is 11.8 Å². The Morgan fingerprint density at radius 1 is 1.07 bits per heavy atom. The molecule has 2 heterocycles. The van der Waals surface area contributed by atoms with Crippen LogP contribution in [-0.4, -0.2) is 40.3 Å². The third-order valence-electron chi connectivity index (χ3n) is 4.51. The zero-order valence-corrected chi connectivity index (χ0v) is 16.9. The van der Waals surface area contributed by atoms with Crippen LogP contribution in [0.1, 0.15) is 12.0 Å². The smallest absolute Gasteiger partial charge is 0.191 e. The van der Waals surface area contributed by atoms with Crippen LogP contribution in [0.2, 0.25) is 0 Å². The van der Waals surface area contributed by atoms with E-state index in [1.165, 1.54) is 0 Å². The number of hydrogen-bond acceptors (Lipinski definition) is 6. The lowest BCUT2D eigenvalue weighted by Gasteiger charge is -2.10. The molecular weight excluding hydrogens is 374 g/mol. The summed E-state index contributed by atoms with van der Waals surface area (Å²) in [5.41, 5.74) is 2.10. The summed E-state index contributed by atoms with van der Waals surface area (Å²) in [5, 5.41) is 9.55. The molecule has 2 aromatic carbocycles. The third-order valence-corrected chi connectivity index (χ3v) is 5.49. The maximum atomic E-state index is 5.86. The van der Waals surface area contributed by atoms with Crippen LogP contribution in [0.3, 0.4) is 0 Å². The minimum atomic E-state index is 0.613. The molecule has 0 N–H and O–H groups in total. The van der Waals surface area contributed by atoms with Gasteiger partial charge in [0.2, 0.25) is 0 Å². The highest BCUT2D eigenvalue weighted by Gasteiger charge is 2.16. The van der Waals surface area contributed by atoms with E-state index in [-0.39, 0.29) is 0 Å². The topological polar surface area (TPSA) is 58.4 Å². The van der Waals surface area contributed by atoms with E-state index < -0.39 is 0 Å². The van der Waals surface area contributed by atoms with Gasteiger partial charge in [0.25, 0.3) is 0 Å². The second-order valence-corrected chi connectivity index (χ2v) is 7.60. The van der Waals surface area contributed by atoms with Crippen LogP contribution in [0, 0.1) is 6.92 Å². The summed E-state index contributed by atoms with van der Waals surface area (Å²) in [6, 6.07) is 13.9. The fraction of sp³-hybridized carbons (Fsp3) is 0.333. The first-order valence-corrected chi connectivity index (χ1v) is 10.3. The number of aromatic nitrogens is 3. The van der Waals surface area contributed by atoms with E-state index in [2.05, 4.69) is 10.2 Å². The Morgan fingerprint density at radius 3 is 2.75 bits per heavy atom. The van der Waals surface area contributed by atoms with Crippen LogP contribution in [-0.2, 0) is 7.05 Å². The molecule has 146 valence electrons. The molecule has 3 aromatic rings. The number of rotatable bonds is 6. The number of hydrogen-bond donors (Lipinski definition) is 0. The van der Waals surface area contributed by atoms with E-state index in [9.17, 15) is 0 Å². The van der Waals surface area contributed by atoms with Gasteiger partial charge >= 0.3 is 0 Å². The number of aryl methyl sites for hydroxylation is 1. The van der Waals surface area contributed by atoms with Gasteiger partial charge in [0.15, 0.2) is 22.5 Å². The molecule has 7 heteroatoms. The Labute approximate surface area is 168 Å². The van der Waals surface area contributed by atoms with Gasteiger partial charge in [-0.2, -0.15) is 0 Å². The van der Waals surface area contributed by atoms with Crippen LogP contribution >= 0.6 is 11.8 Å². The first-order chi connectivity index (χ1) is 13.7. The molecule has 0 amide bonds. The van der Waals surface area contributed by atoms with E-state index in [1.807, 2.05) is 61.0 Å². The molecule has 1 aliphatic rings. The minimum Gasteiger partial charge on any atom is -0.492 e. The summed E-state index contributed by atoms with van der Waals surface area (Å²) in [5.74, 6) is 4.07. The molecule has 4 rings (SSSR count). The summed E-state index contributed by atoms with van der Waals surface area (Å²) in [6.45, 7) is 4.01. The number of nitrogens with zero attached hydrogens (tertiary/aromatic N) is 3. The Balaban J connectivity index is 1.40. The van der Waals surface area contributed by atoms with Crippen LogP contribution in [0.15, 0.2) is 47.6 Å². The van der Waals surface area contributed by atoms with Gasteiger partial charge in [-0.3, -0.25) is 0 Å². The van der Waals surface area contributed by atoms with Gasteiger partial charge in [-0.1, -0.05) is 30.0 Å². The highest BCUT2D eigenvalue weighted by atomic mass is 32.2. The Kier molecular flexibility index (Phi) is 5.71. The van der Waals surface area contributed by atoms with Crippen molar-refractivity contribution in [2.24, 2.45) is 7.05 Å². The number of para-hydroxylation sites is 1. The molecule has 0 fully saturated rings. The van der Waals surface area contributed by atoms with E-state index >= 15 is 0 Å². The molecule has 0 bridgehead atoms. The summed E-state index contributed by atoms with van der Waals surface area (Å²) in [7, 11) is 1.98. The van der Waals surface area contributed by atoms with Gasteiger partial charge in [0.1, 0.15) is 5.75 Å². The van der Waals surface area contributed by atoms with Crippen molar-refractivity contribution < 1.29 is 14.2 Å². The Hall–Kier alpha value is -2.67. The molecule has 0 aliphatic carbocycles. The van der Waals surface area contributed by atoms with Gasteiger partial charge in [0.05, 0.1) is 19.8 Å². The highest BCUT2D eigenvalue weighted by molar-refractivity contribution is 7.99. The predicted molar refractivity (Wildman–Crippen MR) is 109 cm³/mol. The maximum Gasteiger partial charge on any atom is 0.191 e. The van der Waals surface area contributed by atoms with Crippen molar-refractivity contribution in [2.45, 2.75) is 18.5 Å². The van der Waals surface area contributed by atoms with Crippen molar-refractivity contribution in [3.63, 3.8) is 0 Å². The molecule has 28 heavy (non-hydrogen) atoms. The highest BCUT2D eigenvalue weighted by Crippen LogP contribution is 2.34. The van der Waals surface area contributed by atoms with Crippen LogP contribution in [0.25, 0.3) is 11.4 Å². The minimum absolute atomic E-state index is 0.613. The fourth-order valence-electron chi connectivity index (χ4n) is 3.00. The molecular formula is C21H23N3O3S. The standard InChI is InChI=1S/C21H23N3O3S/c1-15-6-3-4-7-17(15)27-12-13-28-21-23-22-20(24(21)2)16-8-9-18-19(14-16)26-11-5-10-25-18/h3-4,6-9,14H,5,10-13H2,1-2H3. The lowest BCUT2D eigenvalue weighted by Crippen LogP contribution is -2.03. The Morgan fingerprint density at radius 2 is 1.89 bits per heavy atom. The molecule has 0 saturated heterocycles. The monoisotopic (exact) mass is 397 g/mol. The van der Waals surface area contributed by atoms with Gasteiger partial charge in [0, 0.05) is 24.8 Å². The molecule has 1 aromatic heterocycles. The normalized spacial score (nSPS) is 13.2. The first kappa shape index (κ1) is 18.7. The SMILES string of the molecule is Cc1ccccc1OCCSc1nnc(-c2ccc3c(c2)OCCCO3)n1C. The predicted octanol–water partition coefficient (Wildman–Crippen LogP) is 4.12. The number of fused-ring (bicyclic) bond motifs is 1. The number of ether oxygens (including phenoxy) is 3. The van der Waals surface area contributed by atoms with E-state index in [0.717, 1.165) is 51.5 Å². The summed E-state index contributed by atoms with van der Waals surface area (Å²) in [6.07, 6.45) is 0.888.